The van der Waals surface area contributed by atoms with Crippen molar-refractivity contribution in [2.75, 3.05) is 0 Å². The third-order valence-electron chi connectivity index (χ3n) is 8.46. The highest BCUT2D eigenvalue weighted by Crippen LogP contribution is 2.37. The molecule has 0 spiro atoms. The predicted octanol–water partition coefficient (Wildman–Crippen LogP) is 11.6. The zero-order chi connectivity index (χ0) is 48.1. The van der Waals surface area contributed by atoms with Gasteiger partial charge in [0.1, 0.15) is 17.0 Å². The van der Waals surface area contributed by atoms with E-state index in [-0.39, 0.29) is 85.0 Å². The Balaban J connectivity index is 1.36. The van der Waals surface area contributed by atoms with E-state index in [0.717, 1.165) is 10.8 Å². The lowest BCUT2D eigenvalue weighted by molar-refractivity contribution is 0.668. The molecule has 0 saturated heterocycles. The van der Waals surface area contributed by atoms with E-state index < -0.39 is 90.5 Å². The van der Waals surface area contributed by atoms with Gasteiger partial charge in [0.15, 0.2) is 5.84 Å². The van der Waals surface area contributed by atoms with Gasteiger partial charge in [0.25, 0.3) is 0 Å². The second-order valence-electron chi connectivity index (χ2n) is 11.5. The van der Waals surface area contributed by atoms with Gasteiger partial charge in [-0.1, -0.05) is 151 Å². The maximum atomic E-state index is 9.14. The van der Waals surface area contributed by atoms with Gasteiger partial charge >= 0.3 is 0 Å². The maximum Gasteiger partial charge on any atom is 0.157 e. The number of nitrogens with two attached hydrogens (primary N) is 1. The molecule has 0 saturated carbocycles. The lowest BCUT2D eigenvalue weighted by Gasteiger charge is -2.15. The van der Waals surface area contributed by atoms with Crippen molar-refractivity contribution >= 4 is 55.2 Å². The monoisotopic (exact) mass is 671 g/mol. The molecule has 2 N–H and O–H groups in total. The minimum Gasteiger partial charge on any atom is -0.456 e. The van der Waals surface area contributed by atoms with Crippen molar-refractivity contribution in [2.45, 2.75) is 6.54 Å². The molecule has 0 radical (unpaired) electrons. The smallest absolute Gasteiger partial charge is 0.157 e. The van der Waals surface area contributed by atoms with Crippen LogP contribution in [0.25, 0.3) is 65.7 Å². The van der Waals surface area contributed by atoms with Gasteiger partial charge in [0.2, 0.25) is 0 Å². The number of hydrogen-bond acceptors (Lipinski definition) is 2. The molecular weight excluding hydrogens is 623 g/mol. The Kier molecular flexibility index (Phi) is 4.50. The lowest BCUT2D eigenvalue weighted by atomic mass is 9.90. The highest BCUT2D eigenvalue weighted by atomic mass is 16.3. The summed E-state index contributed by atoms with van der Waals surface area (Å²) in [4.78, 5) is 9.46. The second-order valence-corrected chi connectivity index (χ2v) is 11.5. The molecule has 8 aromatic carbocycles. The number of furan rings is 1. The van der Waals surface area contributed by atoms with Crippen LogP contribution in [0.15, 0.2) is 190 Å². The molecule has 51 heavy (non-hydrogen) atoms. The van der Waals surface area contributed by atoms with E-state index in [4.69, 9.17) is 37.1 Å². The molecule has 0 bridgehead atoms. The number of rotatable bonds is 6. The van der Waals surface area contributed by atoms with Crippen LogP contribution in [0.2, 0.25) is 0 Å². The van der Waals surface area contributed by atoms with Gasteiger partial charge in [-0.05, 0) is 73.6 Å². The minimum atomic E-state index is -0.670. The fourth-order valence-electron chi connectivity index (χ4n) is 6.10. The van der Waals surface area contributed by atoms with Crippen LogP contribution in [-0.2, 0) is 6.54 Å². The zero-order valence-corrected chi connectivity index (χ0v) is 26.6. The van der Waals surface area contributed by atoms with E-state index in [2.05, 4.69) is 4.99 Å². The van der Waals surface area contributed by atoms with E-state index >= 15 is 0 Å². The molecule has 4 nitrogen and oxygen atoms in total. The van der Waals surface area contributed by atoms with Gasteiger partial charge in [0, 0.05) is 21.9 Å². The van der Waals surface area contributed by atoms with Crippen LogP contribution in [0.1, 0.15) is 38.6 Å². The van der Waals surface area contributed by atoms with Crippen molar-refractivity contribution < 1.29 is 26.3 Å². The number of nitrogens with zero attached hydrogens (tertiary/aromatic N) is 2. The van der Waals surface area contributed by atoms with Crippen molar-refractivity contribution in [2.24, 2.45) is 15.7 Å². The van der Waals surface area contributed by atoms with Crippen LogP contribution >= 0.6 is 0 Å². The molecule has 0 amide bonds. The number of amidine groups is 2. The number of benzene rings is 8. The van der Waals surface area contributed by atoms with E-state index in [1.165, 1.54) is 24.3 Å². The summed E-state index contributed by atoms with van der Waals surface area (Å²) in [5, 5.41) is 1.45. The molecule has 0 atom stereocenters. The molecule has 1 heterocycles. The summed E-state index contributed by atoms with van der Waals surface area (Å²) in [5.41, 5.74) is 7.79. The summed E-state index contributed by atoms with van der Waals surface area (Å²) in [6.07, 6.45) is 0. The normalized spacial score (nSPS) is 16.7. The van der Waals surface area contributed by atoms with E-state index in [1.807, 2.05) is 42.5 Å². The van der Waals surface area contributed by atoms with Crippen LogP contribution in [0.4, 0.5) is 0 Å². The van der Waals surface area contributed by atoms with Gasteiger partial charge in [-0.3, -0.25) is 4.99 Å². The molecule has 242 valence electrons. The molecule has 0 fully saturated rings. The van der Waals surface area contributed by atoms with Gasteiger partial charge in [0.05, 0.1) is 28.5 Å². The molecule has 4 heteroatoms. The van der Waals surface area contributed by atoms with Gasteiger partial charge in [-0.2, -0.15) is 0 Å². The van der Waals surface area contributed by atoms with Crippen LogP contribution in [0.5, 0.6) is 0 Å². The quantitative estimate of drug-likeness (QED) is 0.141. The van der Waals surface area contributed by atoms with E-state index in [0.29, 0.717) is 11.1 Å². The van der Waals surface area contributed by atoms with Crippen molar-refractivity contribution in [3.05, 3.63) is 192 Å². The van der Waals surface area contributed by atoms with E-state index in [1.54, 1.807) is 12.1 Å². The summed E-state index contributed by atoms with van der Waals surface area (Å²) in [6, 6.07) is 14.1. The van der Waals surface area contributed by atoms with Crippen molar-refractivity contribution in [1.29, 1.82) is 0 Å². The largest absolute Gasteiger partial charge is 0.456 e. The SMILES string of the molecule is [2H]c1cc([2H])c2oc3c([2H])cc([2H])c(CN=C(N=C(N)c4c([2H])c([2H])c5c([2H])c([2H])c([2H])c([2H])c5c4[2H])c4ccc(-c5cccc6ccccc56)c(-c5c([2H])c([2H])c([2H])c([2H])c5[2H])c4)c3c2c1. The fourth-order valence-corrected chi connectivity index (χ4v) is 6.10. The standard InChI is InChI=1S/C47H33N3O/c48-46(35-25-24-31-12-4-5-16-34(31)28-35)50-47(49-30-37-18-11-23-44-45(37)41-20-8-9-22-43(41)51-44)36-26-27-40(42(29-36)33-13-2-1-3-14-33)39-21-10-17-32-15-6-7-19-38(32)39/h1-29H,30H2,(H2,48,49,50)/i1D,2D,3D,4D,5D,8D,12D,13D,14D,16D,18D,22D,23D,24D,25D,28D. The van der Waals surface area contributed by atoms with Crippen molar-refractivity contribution in [1.82, 2.24) is 0 Å². The first-order valence-electron chi connectivity index (χ1n) is 23.8. The number of aliphatic imine (C=N–C) groups is 2. The topological polar surface area (TPSA) is 63.9 Å². The molecule has 0 aliphatic rings. The van der Waals surface area contributed by atoms with E-state index in [9.17, 15) is 0 Å². The molecule has 0 unspecified atom stereocenters. The fraction of sp³-hybridized carbons (Fsp3) is 0.0213. The highest BCUT2D eigenvalue weighted by Gasteiger charge is 2.16. The Bertz CT molecular complexity index is 3680. The number of fused-ring (bicyclic) bond motifs is 5. The van der Waals surface area contributed by atoms with Crippen LogP contribution in [0, 0.1) is 0 Å². The molecule has 1 aromatic heterocycles. The summed E-state index contributed by atoms with van der Waals surface area (Å²) in [5.74, 6) is -0.808. The van der Waals surface area contributed by atoms with Gasteiger partial charge in [-0.25, -0.2) is 4.99 Å². The third-order valence-corrected chi connectivity index (χ3v) is 8.46. The van der Waals surface area contributed by atoms with Crippen LogP contribution in [-0.4, -0.2) is 11.7 Å². The Labute approximate surface area is 318 Å². The van der Waals surface area contributed by atoms with Crippen molar-refractivity contribution in [3.63, 3.8) is 0 Å². The van der Waals surface area contributed by atoms with Crippen molar-refractivity contribution in [3.8, 4) is 22.3 Å². The predicted molar refractivity (Wildman–Crippen MR) is 213 cm³/mol. The summed E-state index contributed by atoms with van der Waals surface area (Å²) in [6.45, 7) is -0.391. The first-order chi connectivity index (χ1) is 31.8. The maximum absolute atomic E-state index is 9.14. The Morgan fingerprint density at radius 1 is 0.588 bits per heavy atom. The third kappa shape index (κ3) is 5.73. The highest BCUT2D eigenvalue weighted by molar-refractivity contribution is 6.13. The Morgan fingerprint density at radius 2 is 1.41 bits per heavy atom. The Hall–Kier alpha value is -6.78. The first-order valence-corrected chi connectivity index (χ1v) is 15.8. The lowest BCUT2D eigenvalue weighted by Crippen LogP contribution is -2.16. The summed E-state index contributed by atoms with van der Waals surface area (Å²) in [7, 11) is 0. The van der Waals surface area contributed by atoms with Gasteiger partial charge < -0.3 is 10.2 Å². The second kappa shape index (κ2) is 12.9. The molecule has 9 aromatic rings. The summed E-state index contributed by atoms with van der Waals surface area (Å²) < 4.78 is 144. The molecule has 9 rings (SSSR count). The summed E-state index contributed by atoms with van der Waals surface area (Å²) >= 11 is 0. The molecule has 0 aliphatic carbocycles. The van der Waals surface area contributed by atoms with Gasteiger partial charge in [-0.15, -0.1) is 0 Å². The number of para-hydroxylation sites is 1. The first kappa shape index (κ1) is 17.7. The average molecular weight is 672 g/mol. The van der Waals surface area contributed by atoms with Crippen LogP contribution < -0.4 is 5.73 Å². The zero-order valence-electron chi connectivity index (χ0n) is 42.6. The molecule has 0 aliphatic heterocycles. The van der Waals surface area contributed by atoms with Crippen LogP contribution in [0.3, 0.4) is 0 Å². The minimum absolute atomic E-state index is 0.0208. The Morgan fingerprint density at radius 3 is 2.33 bits per heavy atom. The molecular formula is C47H33N3O. The number of hydrogen-bond donors (Lipinski definition) is 1. The average Bonchev–Trinajstić information content (AvgIpc) is 3.69.